The van der Waals surface area contributed by atoms with Crippen LogP contribution < -0.4 is 0 Å². The van der Waals surface area contributed by atoms with Crippen molar-refractivity contribution in [3.05, 3.63) is 18.0 Å². The van der Waals surface area contributed by atoms with Crippen LogP contribution in [0.5, 0.6) is 0 Å². The first-order valence-corrected chi connectivity index (χ1v) is 6.41. The second kappa shape index (κ2) is 7.42. The Kier molecular flexibility index (Phi) is 8.18. The quantitative estimate of drug-likeness (QED) is 0.519. The zero-order chi connectivity index (χ0) is 14.6. The number of allylic oxidation sites excluding steroid dienone is 1. The summed E-state index contributed by atoms with van der Waals surface area (Å²) in [5.41, 5.74) is -0.480. The Hall–Kier alpha value is -0.367. The Morgan fingerprint density at radius 1 is 1.16 bits per heavy atom. The van der Waals surface area contributed by atoms with Crippen LogP contribution in [0.1, 0.15) is 54.9 Å². The number of hydrogen-bond acceptors (Lipinski definition) is 2. The molecule has 0 aliphatic heterocycles. The van der Waals surface area contributed by atoms with E-state index in [9.17, 15) is 4.79 Å². The fourth-order valence-corrected chi connectivity index (χ4v) is 1.93. The minimum absolute atomic E-state index is 0. The minimum atomic E-state index is -0.481. The number of carbonyl (C=O) groups is 1. The standard InChI is InChI=1S/C15H29NO2.Ru/c1-9-14(5,6)10-15(7,8)11-16-12(17)18-13(2,3)4;/h9H,1,10-11H2,2-8H3,(H,16,17);/q;+1/p-1. The van der Waals surface area contributed by atoms with Gasteiger partial charge in [-0.3, -0.25) is 4.79 Å². The topological polar surface area (TPSA) is 40.4 Å². The van der Waals surface area contributed by atoms with Gasteiger partial charge in [0.05, 0.1) is 0 Å². The third kappa shape index (κ3) is 11.2. The van der Waals surface area contributed by atoms with E-state index in [0.29, 0.717) is 6.54 Å². The van der Waals surface area contributed by atoms with E-state index >= 15 is 0 Å². The molecule has 0 aromatic rings. The number of carbonyl (C=O) groups excluding carboxylic acids is 1. The van der Waals surface area contributed by atoms with Crippen molar-refractivity contribution in [3.63, 3.8) is 0 Å². The molecule has 0 aliphatic carbocycles. The van der Waals surface area contributed by atoms with Crippen molar-refractivity contribution in [2.75, 3.05) is 6.54 Å². The molecule has 0 unspecified atom stereocenters. The molecule has 3 nitrogen and oxygen atoms in total. The van der Waals surface area contributed by atoms with Crippen molar-refractivity contribution in [3.8, 4) is 0 Å². The van der Waals surface area contributed by atoms with Crippen LogP contribution in [0.3, 0.4) is 0 Å². The van der Waals surface area contributed by atoms with Crippen LogP contribution >= 0.6 is 0 Å². The average molecular weight is 355 g/mol. The Morgan fingerprint density at radius 2 is 1.63 bits per heavy atom. The molecule has 0 atom stereocenters. The van der Waals surface area contributed by atoms with Gasteiger partial charge in [0.15, 0.2) is 0 Å². The van der Waals surface area contributed by atoms with E-state index in [2.05, 4.69) is 39.6 Å². The van der Waals surface area contributed by atoms with Crippen LogP contribution in [0.25, 0.3) is 5.32 Å². The summed E-state index contributed by atoms with van der Waals surface area (Å²) < 4.78 is 5.16. The molecule has 19 heavy (non-hydrogen) atoms. The first-order chi connectivity index (χ1) is 7.87. The maximum Gasteiger partial charge on any atom is 1.00 e. The molecule has 1 radical (unpaired) electrons. The van der Waals surface area contributed by atoms with Gasteiger partial charge in [0.25, 0.3) is 0 Å². The third-order valence-electron chi connectivity index (χ3n) is 2.52. The molecule has 0 rings (SSSR count). The van der Waals surface area contributed by atoms with Crippen LogP contribution in [0.2, 0.25) is 0 Å². The van der Waals surface area contributed by atoms with Crippen molar-refractivity contribution < 1.29 is 29.0 Å². The number of ether oxygens (including phenoxy) is 1. The monoisotopic (exact) mass is 356 g/mol. The molecule has 0 spiro atoms. The van der Waals surface area contributed by atoms with E-state index in [-0.39, 0.29) is 30.3 Å². The van der Waals surface area contributed by atoms with Gasteiger partial charge in [0.1, 0.15) is 5.60 Å². The first-order valence-electron chi connectivity index (χ1n) is 6.41. The van der Waals surface area contributed by atoms with E-state index in [4.69, 9.17) is 4.74 Å². The molecule has 0 fully saturated rings. The van der Waals surface area contributed by atoms with E-state index in [1.54, 1.807) is 0 Å². The van der Waals surface area contributed by atoms with E-state index < -0.39 is 11.7 Å². The fraction of sp³-hybridized carbons (Fsp3) is 0.800. The van der Waals surface area contributed by atoms with Crippen molar-refractivity contribution >= 4 is 6.09 Å². The predicted molar refractivity (Wildman–Crippen MR) is 76.8 cm³/mol. The molecule has 1 amide bonds. The van der Waals surface area contributed by atoms with E-state index in [1.165, 1.54) is 0 Å². The Morgan fingerprint density at radius 3 is 2.00 bits per heavy atom. The van der Waals surface area contributed by atoms with Gasteiger partial charge in [-0.15, -0.1) is 13.1 Å². The van der Waals surface area contributed by atoms with Gasteiger partial charge < -0.3 is 10.1 Å². The van der Waals surface area contributed by atoms with Gasteiger partial charge in [-0.05, 0) is 32.6 Å². The summed E-state index contributed by atoms with van der Waals surface area (Å²) in [7, 11) is 0. The van der Waals surface area contributed by atoms with Gasteiger partial charge in [-0.1, -0.05) is 39.2 Å². The molecular formula is C15H28NO2Ru. The van der Waals surface area contributed by atoms with Crippen LogP contribution in [-0.2, 0) is 24.2 Å². The smallest absolute Gasteiger partial charge is 0.617 e. The van der Waals surface area contributed by atoms with E-state index in [0.717, 1.165) is 6.42 Å². The fourth-order valence-electron chi connectivity index (χ4n) is 1.93. The van der Waals surface area contributed by atoms with Gasteiger partial charge in [-0.25, -0.2) is 0 Å². The third-order valence-corrected chi connectivity index (χ3v) is 2.52. The van der Waals surface area contributed by atoms with Crippen molar-refractivity contribution in [1.29, 1.82) is 0 Å². The number of nitrogens with zero attached hydrogens (tertiary/aromatic N) is 1. The predicted octanol–water partition coefficient (Wildman–Crippen LogP) is 4.92. The van der Waals surface area contributed by atoms with Crippen LogP contribution in [0.15, 0.2) is 12.7 Å². The second-order valence-electron chi connectivity index (χ2n) is 7.33. The summed E-state index contributed by atoms with van der Waals surface area (Å²) in [5.74, 6) is 0. The maximum atomic E-state index is 11.5. The van der Waals surface area contributed by atoms with Crippen molar-refractivity contribution in [1.82, 2.24) is 0 Å². The zero-order valence-corrected chi connectivity index (χ0v) is 15.1. The van der Waals surface area contributed by atoms with Crippen LogP contribution in [0.4, 0.5) is 4.79 Å². The molecule has 0 heterocycles. The minimum Gasteiger partial charge on any atom is -0.617 e. The maximum absolute atomic E-state index is 11.5. The number of rotatable bonds is 5. The SMILES string of the molecule is C=CC(C)(C)CC(C)(C)C[N-]C(=O)OC(C)(C)C.[Ru+]. The largest absolute Gasteiger partial charge is 1.00 e. The second-order valence-corrected chi connectivity index (χ2v) is 7.33. The summed E-state index contributed by atoms with van der Waals surface area (Å²) in [5, 5.41) is 4.00. The van der Waals surface area contributed by atoms with E-state index in [1.807, 2.05) is 26.8 Å². The molecule has 0 bridgehead atoms. The summed E-state index contributed by atoms with van der Waals surface area (Å²) in [6.07, 6.45) is 2.39. The first kappa shape index (κ1) is 20.9. The molecule has 0 aliphatic rings. The summed E-state index contributed by atoms with van der Waals surface area (Å²) in [4.78, 5) is 11.5. The average Bonchev–Trinajstić information content (AvgIpc) is 2.11. The van der Waals surface area contributed by atoms with Crippen molar-refractivity contribution in [2.24, 2.45) is 10.8 Å². The Balaban J connectivity index is 0. The number of amides is 1. The summed E-state index contributed by atoms with van der Waals surface area (Å²) in [6, 6.07) is 0. The molecule has 0 aromatic carbocycles. The van der Waals surface area contributed by atoms with Gasteiger partial charge in [0, 0.05) is 0 Å². The van der Waals surface area contributed by atoms with Gasteiger partial charge in [0.2, 0.25) is 6.09 Å². The van der Waals surface area contributed by atoms with Gasteiger partial charge in [-0.2, -0.15) is 0 Å². The van der Waals surface area contributed by atoms with Crippen LogP contribution in [-0.4, -0.2) is 18.2 Å². The zero-order valence-electron chi connectivity index (χ0n) is 13.3. The van der Waals surface area contributed by atoms with Gasteiger partial charge >= 0.3 is 19.5 Å². The molecule has 4 heteroatoms. The molecule has 113 valence electrons. The summed E-state index contributed by atoms with van der Waals surface area (Å²) in [6.45, 7) is 18.3. The van der Waals surface area contributed by atoms with Crippen LogP contribution in [0, 0.1) is 10.8 Å². The Bertz CT molecular complexity index is 304. The molecule has 0 saturated carbocycles. The normalized spacial score (nSPS) is 12.4. The molecule has 0 aromatic heterocycles. The van der Waals surface area contributed by atoms with Crippen molar-refractivity contribution in [2.45, 2.75) is 60.5 Å². The summed E-state index contributed by atoms with van der Waals surface area (Å²) >= 11 is 0. The molecule has 0 N–H and O–H groups in total. The number of hydrogen-bond donors (Lipinski definition) is 0. The molecule has 0 saturated heterocycles. The Labute approximate surface area is 131 Å². The molecular weight excluding hydrogens is 327 g/mol.